The second-order valence-corrected chi connectivity index (χ2v) is 7.56. The van der Waals surface area contributed by atoms with Gasteiger partial charge in [0.1, 0.15) is 13.2 Å². The van der Waals surface area contributed by atoms with Crippen molar-refractivity contribution in [2.75, 3.05) is 39.9 Å². The fourth-order valence-corrected chi connectivity index (χ4v) is 3.90. The number of ketones is 1. The quantitative estimate of drug-likeness (QED) is 0.730. The van der Waals surface area contributed by atoms with Crippen molar-refractivity contribution in [1.29, 1.82) is 0 Å². The Morgan fingerprint density at radius 2 is 1.72 bits per heavy atom. The number of fused-ring (bicyclic) bond motifs is 1. The Balaban J connectivity index is 1.41. The molecule has 1 unspecified atom stereocenters. The van der Waals surface area contributed by atoms with E-state index in [0.29, 0.717) is 36.8 Å². The highest BCUT2D eigenvalue weighted by molar-refractivity contribution is 5.98. The van der Waals surface area contributed by atoms with Gasteiger partial charge < -0.3 is 19.3 Å². The molecule has 1 amide bonds. The van der Waals surface area contributed by atoms with Crippen molar-refractivity contribution in [2.24, 2.45) is 0 Å². The van der Waals surface area contributed by atoms with Gasteiger partial charge in [0.05, 0.1) is 6.04 Å². The van der Waals surface area contributed by atoms with E-state index in [1.165, 1.54) is 0 Å². The van der Waals surface area contributed by atoms with E-state index in [9.17, 15) is 9.59 Å². The molecular formula is C23H26N2O4. The van der Waals surface area contributed by atoms with Crippen LogP contribution in [0, 0.1) is 0 Å². The van der Waals surface area contributed by atoms with Gasteiger partial charge in [0.25, 0.3) is 0 Å². The number of carbonyl (C=O) groups excluding carboxylic acids is 2. The summed E-state index contributed by atoms with van der Waals surface area (Å²) in [7, 11) is 2.07. The Labute approximate surface area is 171 Å². The van der Waals surface area contributed by atoms with Crippen LogP contribution in [0.5, 0.6) is 11.5 Å². The summed E-state index contributed by atoms with van der Waals surface area (Å²) in [6, 6.07) is 15.3. The molecule has 2 aliphatic rings. The summed E-state index contributed by atoms with van der Waals surface area (Å²) in [6.45, 7) is 3.31. The van der Waals surface area contributed by atoms with Crippen molar-refractivity contribution in [3.63, 3.8) is 0 Å². The molecular weight excluding hydrogens is 368 g/mol. The molecule has 1 saturated heterocycles. The number of hydrogen-bond donors (Lipinski definition) is 0. The van der Waals surface area contributed by atoms with Gasteiger partial charge in [-0.25, -0.2) is 0 Å². The summed E-state index contributed by atoms with van der Waals surface area (Å²) >= 11 is 0. The number of rotatable bonds is 5. The molecule has 0 aliphatic carbocycles. The van der Waals surface area contributed by atoms with E-state index in [2.05, 4.69) is 24.1 Å². The highest BCUT2D eigenvalue weighted by Gasteiger charge is 2.30. The Bertz CT molecular complexity index is 884. The van der Waals surface area contributed by atoms with Crippen LogP contribution in [0.3, 0.4) is 0 Å². The second-order valence-electron chi connectivity index (χ2n) is 7.56. The minimum absolute atomic E-state index is 0.0202. The van der Waals surface area contributed by atoms with Crippen LogP contribution in [-0.4, -0.2) is 61.4 Å². The molecule has 2 aromatic carbocycles. The van der Waals surface area contributed by atoms with Gasteiger partial charge in [-0.15, -0.1) is 0 Å². The highest BCUT2D eigenvalue weighted by atomic mass is 16.6. The predicted octanol–water partition coefficient (Wildman–Crippen LogP) is 2.94. The van der Waals surface area contributed by atoms with E-state index in [1.807, 2.05) is 23.1 Å². The minimum Gasteiger partial charge on any atom is -0.486 e. The lowest BCUT2D eigenvalue weighted by molar-refractivity contribution is -0.136. The van der Waals surface area contributed by atoms with Gasteiger partial charge in [-0.1, -0.05) is 30.3 Å². The van der Waals surface area contributed by atoms with Gasteiger partial charge in [0, 0.05) is 38.0 Å². The number of piperazine rings is 1. The van der Waals surface area contributed by atoms with E-state index < -0.39 is 0 Å². The van der Waals surface area contributed by atoms with Crippen LogP contribution >= 0.6 is 0 Å². The maximum absolute atomic E-state index is 13.0. The first-order valence-corrected chi connectivity index (χ1v) is 10.1. The Morgan fingerprint density at radius 3 is 2.52 bits per heavy atom. The number of hydrogen-bond acceptors (Lipinski definition) is 5. The second kappa shape index (κ2) is 8.66. The first-order valence-electron chi connectivity index (χ1n) is 10.1. The first kappa shape index (κ1) is 19.5. The van der Waals surface area contributed by atoms with Crippen LogP contribution in [0.15, 0.2) is 48.5 Å². The summed E-state index contributed by atoms with van der Waals surface area (Å²) in [5, 5.41) is 0. The van der Waals surface area contributed by atoms with E-state index in [4.69, 9.17) is 9.47 Å². The van der Waals surface area contributed by atoms with Crippen molar-refractivity contribution in [3.8, 4) is 11.5 Å². The number of nitrogens with zero attached hydrogens (tertiary/aromatic N) is 2. The van der Waals surface area contributed by atoms with Crippen molar-refractivity contribution < 1.29 is 19.1 Å². The maximum atomic E-state index is 13.0. The van der Waals surface area contributed by atoms with Crippen molar-refractivity contribution >= 4 is 11.7 Å². The van der Waals surface area contributed by atoms with Gasteiger partial charge in [-0.05, 0) is 30.8 Å². The fourth-order valence-electron chi connectivity index (χ4n) is 3.90. The van der Waals surface area contributed by atoms with E-state index in [0.717, 1.165) is 18.7 Å². The Hall–Kier alpha value is -2.86. The Morgan fingerprint density at radius 1 is 0.966 bits per heavy atom. The minimum atomic E-state index is -0.0549. The number of benzene rings is 2. The molecule has 1 atom stereocenters. The number of ether oxygens (including phenoxy) is 2. The van der Waals surface area contributed by atoms with Gasteiger partial charge in [0.15, 0.2) is 17.3 Å². The molecule has 2 heterocycles. The topological polar surface area (TPSA) is 59.1 Å². The monoisotopic (exact) mass is 394 g/mol. The molecule has 0 bridgehead atoms. The van der Waals surface area contributed by atoms with Crippen LogP contribution in [0.1, 0.15) is 34.8 Å². The summed E-state index contributed by atoms with van der Waals surface area (Å²) in [5.74, 6) is 1.22. The molecule has 0 radical (unpaired) electrons. The normalized spacial score (nSPS) is 19.1. The third-order valence-corrected chi connectivity index (χ3v) is 5.52. The third kappa shape index (κ3) is 4.43. The SMILES string of the molecule is CN1CCN(C(=O)CCC(=O)c2ccc3c(c2)OCCO3)C(c2ccccc2)C1. The molecule has 6 nitrogen and oxygen atoms in total. The largest absolute Gasteiger partial charge is 0.486 e. The molecule has 1 fully saturated rings. The molecule has 4 rings (SSSR count). The zero-order valence-electron chi connectivity index (χ0n) is 16.7. The average molecular weight is 394 g/mol. The Kier molecular flexibility index (Phi) is 5.81. The van der Waals surface area contributed by atoms with E-state index in [-0.39, 0.29) is 30.6 Å². The lowest BCUT2D eigenvalue weighted by Gasteiger charge is -2.40. The number of amides is 1. The van der Waals surface area contributed by atoms with Crippen LogP contribution in [-0.2, 0) is 4.79 Å². The zero-order valence-corrected chi connectivity index (χ0v) is 16.7. The lowest BCUT2D eigenvalue weighted by Crippen LogP contribution is -2.49. The van der Waals surface area contributed by atoms with Gasteiger partial charge in [0.2, 0.25) is 5.91 Å². The molecule has 29 heavy (non-hydrogen) atoms. The van der Waals surface area contributed by atoms with Gasteiger partial charge in [-0.3, -0.25) is 9.59 Å². The van der Waals surface area contributed by atoms with Crippen molar-refractivity contribution in [3.05, 3.63) is 59.7 Å². The van der Waals surface area contributed by atoms with Crippen LogP contribution in [0.4, 0.5) is 0 Å². The lowest BCUT2D eigenvalue weighted by atomic mass is 10.0. The molecule has 152 valence electrons. The predicted molar refractivity (Wildman–Crippen MR) is 109 cm³/mol. The molecule has 0 aromatic heterocycles. The smallest absolute Gasteiger partial charge is 0.223 e. The first-order chi connectivity index (χ1) is 14.1. The van der Waals surface area contributed by atoms with Crippen molar-refractivity contribution in [2.45, 2.75) is 18.9 Å². The summed E-state index contributed by atoms with van der Waals surface area (Å²) in [6.07, 6.45) is 0.395. The highest BCUT2D eigenvalue weighted by Crippen LogP contribution is 2.31. The van der Waals surface area contributed by atoms with Crippen LogP contribution in [0.25, 0.3) is 0 Å². The van der Waals surface area contributed by atoms with Gasteiger partial charge >= 0.3 is 0 Å². The molecule has 6 heteroatoms. The third-order valence-electron chi connectivity index (χ3n) is 5.52. The summed E-state index contributed by atoms with van der Waals surface area (Å²) < 4.78 is 11.0. The molecule has 2 aliphatic heterocycles. The van der Waals surface area contributed by atoms with E-state index in [1.54, 1.807) is 18.2 Å². The van der Waals surface area contributed by atoms with Crippen LogP contribution in [0.2, 0.25) is 0 Å². The summed E-state index contributed by atoms with van der Waals surface area (Å²) in [5.41, 5.74) is 1.69. The molecule has 0 spiro atoms. The van der Waals surface area contributed by atoms with Gasteiger partial charge in [-0.2, -0.15) is 0 Å². The standard InChI is InChI=1S/C23H26N2O4/c1-24-11-12-25(19(16-24)17-5-3-2-4-6-17)23(27)10-8-20(26)18-7-9-21-22(15-18)29-14-13-28-21/h2-7,9,15,19H,8,10-14,16H2,1H3. The maximum Gasteiger partial charge on any atom is 0.223 e. The number of likely N-dealkylation sites (N-methyl/N-ethyl adjacent to an activating group) is 1. The molecule has 0 saturated carbocycles. The molecule has 0 N–H and O–H groups in total. The number of carbonyl (C=O) groups is 2. The van der Waals surface area contributed by atoms with E-state index >= 15 is 0 Å². The molecule has 2 aromatic rings. The number of Topliss-reactive ketones (excluding diaryl/α,β-unsaturated/α-hetero) is 1. The fraction of sp³-hybridized carbons (Fsp3) is 0.391. The van der Waals surface area contributed by atoms with Crippen LogP contribution < -0.4 is 9.47 Å². The summed E-state index contributed by atoms with van der Waals surface area (Å²) in [4.78, 5) is 29.8. The zero-order chi connectivity index (χ0) is 20.2. The van der Waals surface area contributed by atoms with Crippen molar-refractivity contribution in [1.82, 2.24) is 9.80 Å². The average Bonchev–Trinajstić information content (AvgIpc) is 2.77.